The molecular weight excluding hydrogens is 148 g/mol. The van der Waals surface area contributed by atoms with Gasteiger partial charge in [0.25, 0.3) is 0 Å². The number of rotatable bonds is 0. The second kappa shape index (κ2) is 3.65. The molecule has 1 heterocycles. The zero-order chi connectivity index (χ0) is 8.23. The Morgan fingerprint density at radius 1 is 0.750 bits per heavy atom. The van der Waals surface area contributed by atoms with Crippen molar-refractivity contribution in [3.8, 4) is 0 Å². The van der Waals surface area contributed by atoms with Crippen molar-refractivity contribution in [3.63, 3.8) is 0 Å². The van der Waals surface area contributed by atoms with Gasteiger partial charge in [-0.25, -0.2) is 0 Å². The van der Waals surface area contributed by atoms with Crippen molar-refractivity contribution in [2.24, 2.45) is 0 Å². The molecule has 0 bridgehead atoms. The van der Waals surface area contributed by atoms with Gasteiger partial charge in [-0.2, -0.15) is 0 Å². The van der Waals surface area contributed by atoms with Gasteiger partial charge in [0.15, 0.2) is 0 Å². The van der Waals surface area contributed by atoms with Crippen molar-refractivity contribution in [1.29, 1.82) is 0 Å². The van der Waals surface area contributed by atoms with Crippen molar-refractivity contribution in [3.05, 3.63) is 23.5 Å². The lowest BCUT2D eigenvalue weighted by Gasteiger charge is -2.20. The third-order valence-electron chi connectivity index (χ3n) is 2.63. The normalized spacial score (nSPS) is 23.3. The Hall–Kier alpha value is -0.920. The zero-order valence-electron chi connectivity index (χ0n) is 7.40. The first-order valence-corrected chi connectivity index (χ1v) is 4.86. The maximum atomic E-state index is 3.04. The maximum absolute atomic E-state index is 3.04. The Balaban J connectivity index is 2.08. The molecule has 2 nitrogen and oxygen atoms in total. The van der Waals surface area contributed by atoms with Crippen LogP contribution in [0, 0.1) is 0 Å². The summed E-state index contributed by atoms with van der Waals surface area (Å²) in [5.74, 6) is 0. The Bertz CT molecular complexity index is 192. The van der Waals surface area contributed by atoms with Gasteiger partial charge in [-0.05, 0) is 36.8 Å². The molecule has 0 aromatic heterocycles. The van der Waals surface area contributed by atoms with Crippen LogP contribution in [-0.2, 0) is 0 Å². The third kappa shape index (κ3) is 1.63. The lowest BCUT2D eigenvalue weighted by Crippen LogP contribution is -2.26. The van der Waals surface area contributed by atoms with E-state index in [9.17, 15) is 0 Å². The monoisotopic (exact) mass is 164 g/mol. The summed E-state index contributed by atoms with van der Waals surface area (Å²) in [7, 11) is 0. The second-order valence-corrected chi connectivity index (χ2v) is 3.54. The summed E-state index contributed by atoms with van der Waals surface area (Å²) < 4.78 is 0. The molecule has 0 unspecified atom stereocenters. The first-order valence-electron chi connectivity index (χ1n) is 4.86. The van der Waals surface area contributed by atoms with E-state index in [4.69, 9.17) is 0 Å². The first kappa shape index (κ1) is 7.71. The Labute approximate surface area is 73.7 Å². The molecule has 0 amide bonds. The van der Waals surface area contributed by atoms with Crippen LogP contribution in [0.25, 0.3) is 0 Å². The van der Waals surface area contributed by atoms with Crippen molar-refractivity contribution in [2.75, 3.05) is 0 Å². The largest absolute Gasteiger partial charge is 0.308 e. The van der Waals surface area contributed by atoms with Gasteiger partial charge in [-0.3, -0.25) is 0 Å². The topological polar surface area (TPSA) is 24.1 Å². The molecule has 2 rings (SSSR count). The summed E-state index contributed by atoms with van der Waals surface area (Å²) in [5.41, 5.74) is 9.10. The fourth-order valence-electron chi connectivity index (χ4n) is 1.89. The summed E-state index contributed by atoms with van der Waals surface area (Å²) in [6.45, 7) is 0. The Morgan fingerprint density at radius 2 is 1.25 bits per heavy atom. The second-order valence-electron chi connectivity index (χ2n) is 3.54. The smallest absolute Gasteiger partial charge is 0.0213 e. The molecule has 0 aromatic carbocycles. The lowest BCUT2D eigenvalue weighted by atomic mass is 9.92. The summed E-state index contributed by atoms with van der Waals surface area (Å²) in [5, 5.41) is 0. The van der Waals surface area contributed by atoms with Crippen LogP contribution in [0.5, 0.6) is 0 Å². The van der Waals surface area contributed by atoms with E-state index in [0.717, 1.165) is 0 Å². The predicted molar refractivity (Wildman–Crippen MR) is 50.1 cm³/mol. The summed E-state index contributed by atoms with van der Waals surface area (Å²) in [6, 6.07) is 0. The molecule has 66 valence electrons. The molecule has 1 aliphatic heterocycles. The van der Waals surface area contributed by atoms with Crippen molar-refractivity contribution >= 4 is 0 Å². The highest BCUT2D eigenvalue weighted by atomic mass is 15.3. The van der Waals surface area contributed by atoms with Crippen LogP contribution >= 0.6 is 0 Å². The number of hydrogen-bond acceptors (Lipinski definition) is 2. The van der Waals surface area contributed by atoms with Gasteiger partial charge < -0.3 is 10.9 Å². The molecule has 1 saturated carbocycles. The molecule has 1 aliphatic carbocycles. The van der Waals surface area contributed by atoms with Crippen molar-refractivity contribution in [1.82, 2.24) is 10.9 Å². The number of allylic oxidation sites excluding steroid dienone is 2. The van der Waals surface area contributed by atoms with Crippen LogP contribution < -0.4 is 10.9 Å². The number of hydrazine groups is 1. The van der Waals surface area contributed by atoms with E-state index in [1.54, 1.807) is 0 Å². The van der Waals surface area contributed by atoms with E-state index in [1.165, 1.54) is 49.7 Å². The summed E-state index contributed by atoms with van der Waals surface area (Å²) in [4.78, 5) is 0. The molecule has 0 radical (unpaired) electrons. The maximum Gasteiger partial charge on any atom is 0.0213 e. The average Bonchev–Trinajstić information content (AvgIpc) is 2.06. The third-order valence-corrected chi connectivity index (χ3v) is 2.63. The van der Waals surface area contributed by atoms with Gasteiger partial charge in [0.2, 0.25) is 0 Å². The van der Waals surface area contributed by atoms with Gasteiger partial charge in [-0.1, -0.05) is 12.8 Å². The van der Waals surface area contributed by atoms with Crippen molar-refractivity contribution in [2.45, 2.75) is 38.5 Å². The molecule has 12 heavy (non-hydrogen) atoms. The molecule has 0 spiro atoms. The van der Waals surface area contributed by atoms with E-state index in [0.29, 0.717) is 0 Å². The van der Waals surface area contributed by atoms with Crippen LogP contribution in [0.2, 0.25) is 0 Å². The lowest BCUT2D eigenvalue weighted by molar-refractivity contribution is 0.596. The predicted octanol–water partition coefficient (Wildman–Crippen LogP) is 2.22. The zero-order valence-corrected chi connectivity index (χ0v) is 7.40. The quantitative estimate of drug-likeness (QED) is 0.573. The van der Waals surface area contributed by atoms with Gasteiger partial charge in [0.05, 0.1) is 0 Å². The Morgan fingerprint density at radius 3 is 1.75 bits per heavy atom. The molecule has 2 N–H and O–H groups in total. The number of nitrogens with one attached hydrogen (secondary N) is 2. The highest BCUT2D eigenvalue weighted by molar-refractivity contribution is 5.32. The van der Waals surface area contributed by atoms with Gasteiger partial charge in [-0.15, -0.1) is 0 Å². The molecule has 0 atom stereocenters. The van der Waals surface area contributed by atoms with E-state index >= 15 is 0 Å². The van der Waals surface area contributed by atoms with Crippen LogP contribution in [-0.4, -0.2) is 0 Å². The average molecular weight is 164 g/mol. The van der Waals surface area contributed by atoms with E-state index in [-0.39, 0.29) is 0 Å². The van der Waals surface area contributed by atoms with Gasteiger partial charge in [0.1, 0.15) is 0 Å². The summed E-state index contributed by atoms with van der Waals surface area (Å²) in [6.07, 6.45) is 12.2. The highest BCUT2D eigenvalue weighted by Crippen LogP contribution is 2.26. The van der Waals surface area contributed by atoms with Gasteiger partial charge >= 0.3 is 0 Å². The highest BCUT2D eigenvalue weighted by Gasteiger charge is 2.10. The number of hydrogen-bond donors (Lipinski definition) is 2. The molecule has 1 fully saturated rings. The van der Waals surface area contributed by atoms with E-state index in [2.05, 4.69) is 23.3 Å². The minimum Gasteiger partial charge on any atom is -0.308 e. The molecule has 2 aliphatic rings. The summed E-state index contributed by atoms with van der Waals surface area (Å²) >= 11 is 0. The SMILES string of the molecule is C1=C2CCCCCCC2=CNN1. The molecule has 0 saturated heterocycles. The minimum absolute atomic E-state index is 1.25. The van der Waals surface area contributed by atoms with Crippen LogP contribution in [0.4, 0.5) is 0 Å². The molecule has 2 heteroatoms. The van der Waals surface area contributed by atoms with E-state index in [1.807, 2.05) is 0 Å². The fraction of sp³-hybridized carbons (Fsp3) is 0.600. The van der Waals surface area contributed by atoms with Crippen molar-refractivity contribution < 1.29 is 0 Å². The van der Waals surface area contributed by atoms with Crippen LogP contribution in [0.3, 0.4) is 0 Å². The fourth-order valence-corrected chi connectivity index (χ4v) is 1.89. The minimum atomic E-state index is 1.25. The first-order chi connectivity index (χ1) is 5.97. The van der Waals surface area contributed by atoms with Gasteiger partial charge in [0, 0.05) is 12.4 Å². The molecule has 0 aromatic rings. The Kier molecular flexibility index (Phi) is 2.35. The standard InChI is InChI=1S/C10H16N2/c1-2-4-6-10-8-12-11-7-9(10)5-3-1/h7-8,11-12H,1-6H2. The van der Waals surface area contributed by atoms with Crippen LogP contribution in [0.15, 0.2) is 23.5 Å². The number of fused-ring (bicyclic) bond motifs is 1. The van der Waals surface area contributed by atoms with Crippen LogP contribution in [0.1, 0.15) is 38.5 Å². The van der Waals surface area contributed by atoms with E-state index < -0.39 is 0 Å². The molecular formula is C10H16N2.